The number of fused-ring (bicyclic) bond motifs is 5. The van der Waals surface area contributed by atoms with Gasteiger partial charge < -0.3 is 45.5 Å². The first-order valence-electron chi connectivity index (χ1n) is 13.6. The van der Waals surface area contributed by atoms with Gasteiger partial charge in [-0.2, -0.15) is 4.98 Å². The number of aliphatic hydroxyl groups excluding tert-OH is 2. The van der Waals surface area contributed by atoms with E-state index < -0.39 is 82.3 Å². The summed E-state index contributed by atoms with van der Waals surface area (Å²) in [6.07, 6.45) is -7.20. The molecule has 3 aliphatic heterocycles. The van der Waals surface area contributed by atoms with E-state index in [0.29, 0.717) is 22.0 Å². The maximum absolute atomic E-state index is 13.2. The predicted molar refractivity (Wildman–Crippen MR) is 160 cm³/mol. The molecular weight excluding hydrogens is 672 g/mol. The minimum Gasteiger partial charge on any atom is -0.398 e. The Morgan fingerprint density at radius 3 is 2.59 bits per heavy atom. The number of H-pyrrole nitrogens is 1. The van der Waals surface area contributed by atoms with E-state index in [1.807, 2.05) is 0 Å². The van der Waals surface area contributed by atoms with Gasteiger partial charge in [-0.1, -0.05) is 12.1 Å². The molecule has 3 aliphatic rings. The lowest BCUT2D eigenvalue weighted by molar-refractivity contribution is -0.0607. The Balaban J connectivity index is 1.21. The van der Waals surface area contributed by atoms with E-state index in [2.05, 4.69) is 19.9 Å². The van der Waals surface area contributed by atoms with Crippen molar-refractivity contribution < 1.29 is 52.1 Å². The normalized spacial score (nSPS) is 37.0. The van der Waals surface area contributed by atoms with Gasteiger partial charge in [0, 0.05) is 29.0 Å². The number of nitrogens with one attached hydrogen (secondary N) is 1. The van der Waals surface area contributed by atoms with Crippen LogP contribution in [0.4, 0.5) is 11.6 Å². The smallest absolute Gasteiger partial charge is 0.398 e. The first kappa shape index (κ1) is 31.6. The van der Waals surface area contributed by atoms with Crippen LogP contribution in [0.2, 0.25) is 0 Å². The highest BCUT2D eigenvalue weighted by molar-refractivity contribution is 8.07. The molecule has 1 aromatic carbocycles. The molecule has 6 heterocycles. The molecule has 4 unspecified atom stereocenters. The summed E-state index contributed by atoms with van der Waals surface area (Å²) in [4.78, 5) is 48.7. The van der Waals surface area contributed by atoms with E-state index in [-0.39, 0.29) is 17.1 Å². The highest BCUT2D eigenvalue weighted by atomic mass is 32.5. The number of nitrogens with two attached hydrogens (primary N) is 2. The van der Waals surface area contributed by atoms with Crippen molar-refractivity contribution in [1.82, 2.24) is 24.5 Å². The van der Waals surface area contributed by atoms with E-state index in [1.165, 1.54) is 17.1 Å². The molecule has 0 saturated carbocycles. The second-order valence-electron chi connectivity index (χ2n) is 10.8. The van der Waals surface area contributed by atoms with E-state index in [0.717, 1.165) is 0 Å². The summed E-state index contributed by atoms with van der Waals surface area (Å²) < 4.78 is 48.2. The molecule has 0 amide bonds. The van der Waals surface area contributed by atoms with E-state index in [1.54, 1.807) is 24.4 Å². The van der Waals surface area contributed by atoms with Crippen LogP contribution >= 0.6 is 14.5 Å². The molecule has 0 radical (unpaired) electrons. The molecule has 46 heavy (non-hydrogen) atoms. The summed E-state index contributed by atoms with van der Waals surface area (Å²) in [5.41, 5.74) is 11.8. The molecule has 22 heteroatoms. The van der Waals surface area contributed by atoms with E-state index >= 15 is 0 Å². The summed E-state index contributed by atoms with van der Waals surface area (Å²) in [6, 6.07) is 5.13. The van der Waals surface area contributed by atoms with Crippen molar-refractivity contribution in [2.24, 2.45) is 0 Å². The zero-order valence-corrected chi connectivity index (χ0v) is 25.9. The molecule has 246 valence electrons. The van der Waals surface area contributed by atoms with Gasteiger partial charge in [-0.15, -0.1) is 0 Å². The van der Waals surface area contributed by atoms with Crippen LogP contribution in [0.3, 0.4) is 0 Å². The molecule has 0 spiro atoms. The molecule has 3 fully saturated rings. The van der Waals surface area contributed by atoms with Gasteiger partial charge in [0.05, 0.1) is 19.5 Å². The molecular formula is C24H27N7O12P2S. The fraction of sp³-hybridized carbons (Fsp3) is 0.417. The monoisotopic (exact) mass is 699 g/mol. The number of hydrogen-bond acceptors (Lipinski definition) is 16. The average molecular weight is 700 g/mol. The summed E-state index contributed by atoms with van der Waals surface area (Å²) in [7, 11) is -4.99. The van der Waals surface area contributed by atoms with Gasteiger partial charge in [0.25, 0.3) is 5.56 Å². The highest BCUT2D eigenvalue weighted by Gasteiger charge is 2.53. The topological polar surface area (TPSA) is 282 Å². The minimum absolute atomic E-state index is 0.0510. The van der Waals surface area contributed by atoms with Crippen LogP contribution in [0.15, 0.2) is 41.7 Å². The first-order chi connectivity index (χ1) is 21.8. The number of imidazole rings is 1. The SMILES string of the molecule is Nc1nc2c(ncn2[C@@H]2O[C@@H]3COP(=O)(O)OC4[C@@H](COP(O)(=S)O[C@H]2C3O)O[C@@H](c2cncc3c(N)cccc23)[C@H]4O)c(=O)[nH]1. The van der Waals surface area contributed by atoms with Crippen molar-refractivity contribution >= 4 is 59.9 Å². The average Bonchev–Trinajstić information content (AvgIpc) is 3.64. The number of aromatic amines is 1. The third-order valence-corrected chi connectivity index (χ3v) is 10.4. The quantitative estimate of drug-likeness (QED) is 0.105. The first-order valence-corrected chi connectivity index (χ1v) is 17.7. The standard InChI is InChI=1S/C24H27N7O12P2S/c25-12-3-1-2-9-10(12)4-27-5-11(9)18-17(33)19-14(40-18)7-39-45(37,46)43-20-16(32)13(6-38-44(35,36)42-19)41-23(20)31-8-28-15-21(31)29-24(26)30-22(15)34/h1-5,8,13-14,16-20,23,32-33H,6-7,25H2,(H,35,36)(H,37,46)(H3,26,29,30,34)/t13-,14-,16?,17-,18+,19?,20+,23-,45?/m1/s1. The summed E-state index contributed by atoms with van der Waals surface area (Å²) in [5, 5.41) is 23.6. The molecule has 3 saturated heterocycles. The van der Waals surface area contributed by atoms with Crippen molar-refractivity contribution in [2.75, 3.05) is 24.7 Å². The molecule has 7 rings (SSSR count). The Bertz CT molecular complexity index is 1980. The summed E-state index contributed by atoms with van der Waals surface area (Å²) >= 11 is 5.25. The maximum atomic E-state index is 13.2. The molecule has 4 aromatic rings. The van der Waals surface area contributed by atoms with Gasteiger partial charge in [-0.25, -0.2) is 9.55 Å². The Labute approximate surface area is 262 Å². The van der Waals surface area contributed by atoms with Crippen molar-refractivity contribution in [3.63, 3.8) is 0 Å². The zero-order chi connectivity index (χ0) is 32.5. The van der Waals surface area contributed by atoms with Crippen LogP contribution in [0, 0.1) is 0 Å². The number of aliphatic hydroxyl groups is 2. The van der Waals surface area contributed by atoms with Gasteiger partial charge in [-0.3, -0.25) is 32.9 Å². The molecule has 3 aromatic heterocycles. The number of hydrogen-bond donors (Lipinski definition) is 7. The van der Waals surface area contributed by atoms with Crippen molar-refractivity contribution in [1.29, 1.82) is 0 Å². The van der Waals surface area contributed by atoms with Gasteiger partial charge in [0.15, 0.2) is 17.4 Å². The molecule has 19 nitrogen and oxygen atoms in total. The second-order valence-corrected chi connectivity index (χ2v) is 15.0. The number of nitrogens with zero attached hydrogens (tertiary/aromatic N) is 4. The predicted octanol–water partition coefficient (Wildman–Crippen LogP) is -0.274. The Hall–Kier alpha value is -2.94. The van der Waals surface area contributed by atoms with E-state index in [4.69, 9.17) is 50.8 Å². The Morgan fingerprint density at radius 2 is 1.78 bits per heavy atom. The van der Waals surface area contributed by atoms with Crippen LogP contribution in [0.5, 0.6) is 0 Å². The third kappa shape index (κ3) is 5.64. The van der Waals surface area contributed by atoms with Crippen LogP contribution < -0.4 is 17.0 Å². The number of rotatable bonds is 2. The van der Waals surface area contributed by atoms with Crippen LogP contribution in [0.1, 0.15) is 17.9 Å². The van der Waals surface area contributed by atoms with Gasteiger partial charge >= 0.3 is 14.5 Å². The fourth-order valence-electron chi connectivity index (χ4n) is 5.75. The lowest BCUT2D eigenvalue weighted by Crippen LogP contribution is -2.35. The van der Waals surface area contributed by atoms with Crippen LogP contribution in [-0.2, 0) is 43.9 Å². The molecule has 2 bridgehead atoms. The van der Waals surface area contributed by atoms with E-state index in [9.17, 15) is 29.4 Å². The van der Waals surface area contributed by atoms with Crippen molar-refractivity contribution in [3.05, 3.63) is 52.8 Å². The number of aromatic nitrogens is 5. The number of pyridine rings is 1. The highest BCUT2D eigenvalue weighted by Crippen LogP contribution is 2.54. The van der Waals surface area contributed by atoms with Crippen LogP contribution in [-0.4, -0.2) is 94.3 Å². The van der Waals surface area contributed by atoms with Gasteiger partial charge in [0.2, 0.25) is 5.95 Å². The number of nitrogen functional groups attached to an aromatic ring is 2. The number of phosphoric acid groups is 1. The molecule has 0 aliphatic carbocycles. The maximum Gasteiger partial charge on any atom is 0.472 e. The molecule has 9 N–H and O–H groups in total. The zero-order valence-electron chi connectivity index (χ0n) is 23.3. The Kier molecular flexibility index (Phi) is 8.01. The second kappa shape index (κ2) is 11.6. The summed E-state index contributed by atoms with van der Waals surface area (Å²) in [6.45, 7) is -5.59. The minimum atomic E-state index is -4.99. The third-order valence-electron chi connectivity index (χ3n) is 7.86. The van der Waals surface area contributed by atoms with Crippen LogP contribution in [0.25, 0.3) is 21.9 Å². The lowest BCUT2D eigenvalue weighted by atomic mass is 9.98. The van der Waals surface area contributed by atoms with Crippen molar-refractivity contribution in [2.45, 2.75) is 49.0 Å². The van der Waals surface area contributed by atoms with Crippen molar-refractivity contribution in [3.8, 4) is 0 Å². The van der Waals surface area contributed by atoms with Gasteiger partial charge in [-0.05, 0) is 23.3 Å². The summed E-state index contributed by atoms with van der Waals surface area (Å²) in [5.74, 6) is -0.236. The lowest BCUT2D eigenvalue weighted by Gasteiger charge is -2.27. The number of anilines is 2. The van der Waals surface area contributed by atoms with Gasteiger partial charge in [0.1, 0.15) is 42.7 Å². The Morgan fingerprint density at radius 1 is 1.00 bits per heavy atom. The number of phosphoric ester groups is 1. The number of ether oxygens (including phenoxy) is 2. The fourth-order valence-corrected chi connectivity index (χ4v) is 8.13. The molecule has 10 atom stereocenters. The largest absolute Gasteiger partial charge is 0.472 e. The number of benzene rings is 1.